The van der Waals surface area contributed by atoms with E-state index in [1.54, 1.807) is 24.3 Å². The van der Waals surface area contributed by atoms with Crippen LogP contribution in [-0.4, -0.2) is 44.0 Å². The number of aliphatic hydroxyl groups is 2. The number of nitrogens with zero attached hydrogens (tertiary/aromatic N) is 1. The number of nitrogens with one attached hydrogen (secondary N) is 1. The van der Waals surface area contributed by atoms with Crippen molar-refractivity contribution in [3.63, 3.8) is 0 Å². The van der Waals surface area contributed by atoms with E-state index in [1.807, 2.05) is 84.9 Å². The van der Waals surface area contributed by atoms with Crippen molar-refractivity contribution in [1.82, 2.24) is 4.98 Å². The summed E-state index contributed by atoms with van der Waals surface area (Å²) in [6, 6.07) is 34.6. The lowest BCUT2D eigenvalue weighted by Gasteiger charge is -2.24. The second-order valence-corrected chi connectivity index (χ2v) is 13.8. The Balaban J connectivity index is 1.25. The molecule has 5 rings (SSSR count). The van der Waals surface area contributed by atoms with E-state index in [0.29, 0.717) is 53.7 Å². The minimum Gasteiger partial charge on any atom is -0.481 e. The van der Waals surface area contributed by atoms with Crippen LogP contribution in [0.5, 0.6) is 0 Å². The Bertz CT molecular complexity index is 1770. The molecule has 1 amide bonds. The normalized spacial score (nSPS) is 13.0. The zero-order valence-electron chi connectivity index (χ0n) is 29.3. The van der Waals surface area contributed by atoms with Crippen molar-refractivity contribution in [2.24, 2.45) is 0 Å². The third-order valence-electron chi connectivity index (χ3n) is 8.78. The van der Waals surface area contributed by atoms with Gasteiger partial charge in [-0.25, -0.2) is 4.98 Å². The third kappa shape index (κ3) is 11.6. The number of amides is 1. The van der Waals surface area contributed by atoms with Gasteiger partial charge in [0.1, 0.15) is 5.69 Å². The van der Waals surface area contributed by atoms with E-state index in [0.717, 1.165) is 40.8 Å². The number of carboxylic acid groups (broad SMARTS) is 1. The molecule has 0 radical (unpaired) electrons. The van der Waals surface area contributed by atoms with Crippen LogP contribution in [0.1, 0.15) is 80.8 Å². The number of hydrogen-bond acceptors (Lipinski definition) is 8. The SMILES string of the molecule is C[C@@H](C[C@H](CSc1nc(-c2ccccc2)c(-c2ccccc2)o1)O[C@@H](O)c1ccc(NC(=O)CCCCCCC(=O)O)cc1)c1ccc(CO)cc1. The Morgan fingerprint density at radius 3 is 2.06 bits per heavy atom. The van der Waals surface area contributed by atoms with Gasteiger partial charge in [-0.05, 0) is 48.4 Å². The Morgan fingerprint density at radius 1 is 0.808 bits per heavy atom. The lowest BCUT2D eigenvalue weighted by Crippen LogP contribution is -2.22. The monoisotopic (exact) mass is 722 g/mol. The number of carbonyl (C=O) groups excluding carboxylic acids is 1. The Morgan fingerprint density at radius 2 is 1.42 bits per heavy atom. The molecule has 0 saturated carbocycles. The van der Waals surface area contributed by atoms with Gasteiger partial charge in [-0.15, -0.1) is 0 Å². The van der Waals surface area contributed by atoms with Gasteiger partial charge in [-0.3, -0.25) is 9.59 Å². The summed E-state index contributed by atoms with van der Waals surface area (Å²) in [5, 5.41) is 32.9. The summed E-state index contributed by atoms with van der Waals surface area (Å²) in [4.78, 5) is 28.0. The standard InChI is InChI=1S/C42H46N2O7S/c1-29(31-20-18-30(27-45)19-21-31)26-36(28-52-42-44-39(32-12-6-4-7-13-32)40(51-42)33-14-8-5-9-15-33)50-41(49)34-22-24-35(25-23-34)43-37(46)16-10-2-3-11-17-38(47)48/h4-9,12-15,18-25,29,36,41,45,49H,2-3,10-11,16-17,26-28H2,1H3,(H,43,46)(H,47,48)/t29-,36+,41+/m0/s1. The lowest BCUT2D eigenvalue weighted by molar-refractivity contribution is -0.137. The molecule has 0 saturated heterocycles. The molecule has 3 atom stereocenters. The average molecular weight is 723 g/mol. The highest BCUT2D eigenvalue weighted by Gasteiger charge is 2.23. The van der Waals surface area contributed by atoms with Crippen LogP contribution in [0, 0.1) is 0 Å². The number of benzene rings is 4. The molecule has 0 aliphatic carbocycles. The molecule has 4 N–H and O–H groups in total. The fourth-order valence-corrected chi connectivity index (χ4v) is 6.72. The number of thioether (sulfide) groups is 1. The van der Waals surface area contributed by atoms with Crippen molar-refractivity contribution in [3.8, 4) is 22.6 Å². The maximum absolute atomic E-state index is 12.4. The number of rotatable bonds is 20. The topological polar surface area (TPSA) is 142 Å². The maximum atomic E-state index is 12.4. The number of carboxylic acids is 1. The molecular formula is C42H46N2O7S. The first-order valence-corrected chi connectivity index (χ1v) is 18.7. The summed E-state index contributed by atoms with van der Waals surface area (Å²) in [7, 11) is 0. The molecule has 9 nitrogen and oxygen atoms in total. The van der Waals surface area contributed by atoms with E-state index >= 15 is 0 Å². The number of hydrogen-bond donors (Lipinski definition) is 4. The highest BCUT2D eigenvalue weighted by molar-refractivity contribution is 7.99. The Kier molecular flexibility index (Phi) is 14.6. The molecule has 5 aromatic rings. The molecule has 0 aliphatic heterocycles. The summed E-state index contributed by atoms with van der Waals surface area (Å²) in [5.41, 5.74) is 5.75. The average Bonchev–Trinajstić information content (AvgIpc) is 3.60. The summed E-state index contributed by atoms with van der Waals surface area (Å²) >= 11 is 1.43. The molecule has 1 aromatic heterocycles. The highest BCUT2D eigenvalue weighted by Crippen LogP contribution is 2.37. The van der Waals surface area contributed by atoms with Gasteiger partial charge >= 0.3 is 5.97 Å². The predicted octanol–water partition coefficient (Wildman–Crippen LogP) is 9.23. The van der Waals surface area contributed by atoms with Crippen LogP contribution in [0.2, 0.25) is 0 Å². The van der Waals surface area contributed by atoms with E-state index in [4.69, 9.17) is 19.2 Å². The van der Waals surface area contributed by atoms with Gasteiger partial charge in [-0.1, -0.05) is 129 Å². The number of unbranched alkanes of at least 4 members (excludes halogenated alkanes) is 3. The van der Waals surface area contributed by atoms with Gasteiger partial charge in [0.25, 0.3) is 5.22 Å². The number of anilines is 1. The van der Waals surface area contributed by atoms with Crippen molar-refractivity contribution in [3.05, 3.63) is 126 Å². The maximum Gasteiger partial charge on any atom is 0.303 e. The first kappa shape index (κ1) is 38.5. The number of aromatic nitrogens is 1. The van der Waals surface area contributed by atoms with Crippen LogP contribution < -0.4 is 5.32 Å². The molecule has 10 heteroatoms. The fourth-order valence-electron chi connectivity index (χ4n) is 5.88. The smallest absolute Gasteiger partial charge is 0.303 e. The number of aliphatic carboxylic acids is 1. The molecular weight excluding hydrogens is 677 g/mol. The van der Waals surface area contributed by atoms with Gasteiger partial charge in [0, 0.05) is 41.0 Å². The van der Waals surface area contributed by atoms with E-state index in [1.165, 1.54) is 11.8 Å². The van der Waals surface area contributed by atoms with Crippen LogP contribution in [0.4, 0.5) is 5.69 Å². The van der Waals surface area contributed by atoms with E-state index in [9.17, 15) is 19.8 Å². The highest BCUT2D eigenvalue weighted by atomic mass is 32.2. The van der Waals surface area contributed by atoms with Gasteiger partial charge in [0.2, 0.25) is 5.91 Å². The van der Waals surface area contributed by atoms with Crippen LogP contribution >= 0.6 is 11.8 Å². The minimum absolute atomic E-state index is 0.0199. The zero-order valence-corrected chi connectivity index (χ0v) is 30.1. The van der Waals surface area contributed by atoms with Gasteiger partial charge in [0.15, 0.2) is 12.1 Å². The Hall–Kier alpha value is -4.74. The number of oxazole rings is 1. The van der Waals surface area contributed by atoms with Crippen molar-refractivity contribution < 1.29 is 34.1 Å². The number of aliphatic hydroxyl groups excluding tert-OH is 2. The number of carbonyl (C=O) groups is 2. The molecule has 0 bridgehead atoms. The van der Waals surface area contributed by atoms with Crippen LogP contribution in [0.15, 0.2) is 119 Å². The van der Waals surface area contributed by atoms with E-state index < -0.39 is 18.4 Å². The Labute approximate surface area is 309 Å². The first-order chi connectivity index (χ1) is 25.3. The number of ether oxygens (including phenoxy) is 1. The summed E-state index contributed by atoms with van der Waals surface area (Å²) in [6.45, 7) is 2.09. The molecule has 4 aromatic carbocycles. The quantitative estimate of drug-likeness (QED) is 0.0351. The summed E-state index contributed by atoms with van der Waals surface area (Å²) in [5.74, 6) is 0.325. The van der Waals surface area contributed by atoms with E-state index in [-0.39, 0.29) is 24.9 Å². The molecule has 1 heterocycles. The fraction of sp³-hybridized carbons (Fsp3) is 0.310. The summed E-state index contributed by atoms with van der Waals surface area (Å²) < 4.78 is 12.7. The molecule has 272 valence electrons. The molecule has 0 aliphatic rings. The lowest BCUT2D eigenvalue weighted by atomic mass is 9.94. The van der Waals surface area contributed by atoms with Crippen molar-refractivity contribution in [2.45, 2.75) is 82.0 Å². The van der Waals surface area contributed by atoms with E-state index in [2.05, 4.69) is 12.2 Å². The van der Waals surface area contributed by atoms with Crippen molar-refractivity contribution >= 4 is 29.3 Å². The minimum atomic E-state index is -1.21. The predicted molar refractivity (Wildman–Crippen MR) is 204 cm³/mol. The molecule has 0 spiro atoms. The molecule has 52 heavy (non-hydrogen) atoms. The zero-order chi connectivity index (χ0) is 36.7. The first-order valence-electron chi connectivity index (χ1n) is 17.7. The van der Waals surface area contributed by atoms with Crippen LogP contribution in [0.25, 0.3) is 22.6 Å². The van der Waals surface area contributed by atoms with Crippen molar-refractivity contribution in [2.75, 3.05) is 11.1 Å². The van der Waals surface area contributed by atoms with Crippen molar-refractivity contribution in [1.29, 1.82) is 0 Å². The third-order valence-corrected chi connectivity index (χ3v) is 9.74. The largest absolute Gasteiger partial charge is 0.481 e. The molecule has 0 fully saturated rings. The second kappa shape index (κ2) is 19.8. The van der Waals surface area contributed by atoms with Crippen LogP contribution in [-0.2, 0) is 20.9 Å². The molecule has 0 unspecified atom stereocenters. The second-order valence-electron chi connectivity index (χ2n) is 12.8. The van der Waals surface area contributed by atoms with Gasteiger partial charge < -0.3 is 29.8 Å². The summed E-state index contributed by atoms with van der Waals surface area (Å²) in [6.07, 6.45) is 2.38. The van der Waals surface area contributed by atoms with Gasteiger partial charge in [0.05, 0.1) is 12.7 Å². The van der Waals surface area contributed by atoms with Gasteiger partial charge in [-0.2, -0.15) is 0 Å². The van der Waals surface area contributed by atoms with Crippen LogP contribution in [0.3, 0.4) is 0 Å².